The summed E-state index contributed by atoms with van der Waals surface area (Å²) in [5, 5.41) is 9.11. The fourth-order valence-electron chi connectivity index (χ4n) is 1.47. The van der Waals surface area contributed by atoms with Crippen molar-refractivity contribution in [1.29, 1.82) is 0 Å². The minimum atomic E-state index is -1.07. The number of benzene rings is 1. The number of aromatic carboxylic acids is 1. The van der Waals surface area contributed by atoms with E-state index in [2.05, 4.69) is 0 Å². The van der Waals surface area contributed by atoms with Crippen LogP contribution in [-0.4, -0.2) is 31.6 Å². The number of carbonyl (C=O) groups is 2. The lowest BCUT2D eigenvalue weighted by Crippen LogP contribution is -2.02. The van der Waals surface area contributed by atoms with E-state index in [9.17, 15) is 9.59 Å². The van der Waals surface area contributed by atoms with E-state index in [0.717, 1.165) is 6.29 Å². The van der Waals surface area contributed by atoms with Crippen LogP contribution >= 0.6 is 0 Å². The number of carboxylic acid groups (broad SMARTS) is 1. The van der Waals surface area contributed by atoms with E-state index in [0.29, 0.717) is 17.1 Å². The summed E-state index contributed by atoms with van der Waals surface area (Å²) in [6.45, 7) is 0. The third kappa shape index (κ3) is 3.10. The largest absolute Gasteiger partial charge is 0.493 e. The first-order valence-electron chi connectivity index (χ1n) is 5.23. The first kappa shape index (κ1) is 13.8. The summed E-state index contributed by atoms with van der Waals surface area (Å²) in [4.78, 5) is 21.3. The van der Waals surface area contributed by atoms with Gasteiger partial charge in [0.15, 0.2) is 11.5 Å². The summed E-state index contributed by atoms with van der Waals surface area (Å²) < 4.78 is 10.1. The molecular formula is C13H14O5. The molecule has 0 fully saturated rings. The molecule has 0 bridgehead atoms. The zero-order chi connectivity index (χ0) is 13.5. The number of carbonyl (C=O) groups excluding carboxylic acids is 1. The van der Waals surface area contributed by atoms with Crippen LogP contribution in [0.5, 0.6) is 11.5 Å². The van der Waals surface area contributed by atoms with Crippen LogP contribution in [0.25, 0.3) is 6.08 Å². The predicted molar refractivity (Wildman–Crippen MR) is 66.2 cm³/mol. The molecule has 0 aliphatic heterocycles. The van der Waals surface area contributed by atoms with Crippen LogP contribution in [0.1, 0.15) is 22.3 Å². The Morgan fingerprint density at radius 3 is 2.39 bits per heavy atom. The third-order valence-corrected chi connectivity index (χ3v) is 2.32. The van der Waals surface area contributed by atoms with Gasteiger partial charge < -0.3 is 19.4 Å². The topological polar surface area (TPSA) is 72.8 Å². The molecule has 0 atom stereocenters. The summed E-state index contributed by atoms with van der Waals surface area (Å²) in [6, 6.07) is 2.95. The molecule has 1 N–H and O–H groups in total. The van der Waals surface area contributed by atoms with E-state index in [-0.39, 0.29) is 12.0 Å². The average molecular weight is 250 g/mol. The van der Waals surface area contributed by atoms with Crippen molar-refractivity contribution < 1.29 is 24.2 Å². The fraction of sp³-hybridized carbons (Fsp3) is 0.231. The van der Waals surface area contributed by atoms with E-state index < -0.39 is 5.97 Å². The zero-order valence-electron chi connectivity index (χ0n) is 10.2. The number of allylic oxidation sites excluding steroid dienone is 1. The van der Waals surface area contributed by atoms with Gasteiger partial charge in [-0.25, -0.2) is 4.79 Å². The van der Waals surface area contributed by atoms with Gasteiger partial charge in [-0.2, -0.15) is 0 Å². The first-order chi connectivity index (χ1) is 8.63. The molecule has 0 saturated heterocycles. The Balaban J connectivity index is 3.28. The Kier molecular flexibility index (Phi) is 4.92. The number of hydrogen-bond donors (Lipinski definition) is 1. The number of aldehydes is 1. The van der Waals surface area contributed by atoms with Gasteiger partial charge in [0.2, 0.25) is 0 Å². The van der Waals surface area contributed by atoms with Gasteiger partial charge in [0.05, 0.1) is 19.8 Å². The van der Waals surface area contributed by atoms with E-state index in [1.54, 1.807) is 18.2 Å². The van der Waals surface area contributed by atoms with Crippen LogP contribution in [0.15, 0.2) is 18.2 Å². The van der Waals surface area contributed by atoms with Crippen molar-refractivity contribution in [1.82, 2.24) is 0 Å². The summed E-state index contributed by atoms with van der Waals surface area (Å²) >= 11 is 0. The normalized spacial score (nSPS) is 10.3. The zero-order valence-corrected chi connectivity index (χ0v) is 10.2. The lowest BCUT2D eigenvalue weighted by molar-refractivity contribution is -0.107. The van der Waals surface area contributed by atoms with Crippen molar-refractivity contribution in [3.8, 4) is 11.5 Å². The molecule has 0 spiro atoms. The highest BCUT2D eigenvalue weighted by atomic mass is 16.5. The first-order valence-corrected chi connectivity index (χ1v) is 5.23. The van der Waals surface area contributed by atoms with Crippen LogP contribution in [-0.2, 0) is 4.79 Å². The number of methoxy groups -OCH3 is 2. The lowest BCUT2D eigenvalue weighted by atomic mass is 10.1. The van der Waals surface area contributed by atoms with Crippen molar-refractivity contribution in [2.75, 3.05) is 14.2 Å². The molecule has 1 aromatic carbocycles. The predicted octanol–water partition coefficient (Wildman–Crippen LogP) is 2.00. The van der Waals surface area contributed by atoms with Crippen LogP contribution in [0.3, 0.4) is 0 Å². The monoisotopic (exact) mass is 250 g/mol. The van der Waals surface area contributed by atoms with Crippen LogP contribution in [0, 0.1) is 0 Å². The van der Waals surface area contributed by atoms with Crippen molar-refractivity contribution in [2.45, 2.75) is 6.42 Å². The fourth-order valence-corrected chi connectivity index (χ4v) is 1.47. The second-order valence-electron chi connectivity index (χ2n) is 3.40. The molecule has 0 aliphatic rings. The second-order valence-corrected chi connectivity index (χ2v) is 3.40. The quantitative estimate of drug-likeness (QED) is 0.782. The highest BCUT2D eigenvalue weighted by Crippen LogP contribution is 2.31. The van der Waals surface area contributed by atoms with E-state index in [4.69, 9.17) is 14.6 Å². The van der Waals surface area contributed by atoms with Gasteiger partial charge in [0, 0.05) is 6.42 Å². The molecule has 0 radical (unpaired) electrons. The smallest absolute Gasteiger partial charge is 0.336 e. The van der Waals surface area contributed by atoms with E-state index in [1.807, 2.05) is 0 Å². The van der Waals surface area contributed by atoms with Gasteiger partial charge in [-0.1, -0.05) is 12.2 Å². The molecule has 5 heteroatoms. The summed E-state index contributed by atoms with van der Waals surface area (Å²) in [7, 11) is 2.91. The van der Waals surface area contributed by atoms with Crippen molar-refractivity contribution in [2.24, 2.45) is 0 Å². The molecule has 5 nitrogen and oxygen atoms in total. The van der Waals surface area contributed by atoms with Gasteiger partial charge in [0.1, 0.15) is 6.29 Å². The Hall–Kier alpha value is -2.30. The van der Waals surface area contributed by atoms with Crippen molar-refractivity contribution in [3.05, 3.63) is 29.3 Å². The van der Waals surface area contributed by atoms with Gasteiger partial charge in [-0.3, -0.25) is 0 Å². The summed E-state index contributed by atoms with van der Waals surface area (Å²) in [6.07, 6.45) is 4.12. The van der Waals surface area contributed by atoms with Gasteiger partial charge in [0.25, 0.3) is 0 Å². The maximum Gasteiger partial charge on any atom is 0.336 e. The Labute approximate surface area is 105 Å². The maximum absolute atomic E-state index is 11.1. The van der Waals surface area contributed by atoms with Gasteiger partial charge >= 0.3 is 5.97 Å². The molecule has 1 rings (SSSR count). The summed E-state index contributed by atoms with van der Waals surface area (Å²) in [5.41, 5.74) is 0.553. The van der Waals surface area contributed by atoms with Crippen LogP contribution in [0.2, 0.25) is 0 Å². The highest BCUT2D eigenvalue weighted by molar-refractivity contribution is 5.93. The van der Waals surface area contributed by atoms with Crippen molar-refractivity contribution >= 4 is 18.3 Å². The second kappa shape index (κ2) is 6.44. The maximum atomic E-state index is 11.1. The Morgan fingerprint density at radius 2 is 1.89 bits per heavy atom. The number of rotatable bonds is 6. The SMILES string of the molecule is COc1cc(C=CCC=O)c(C(=O)O)cc1OC. The highest BCUT2D eigenvalue weighted by Gasteiger charge is 2.14. The molecular weight excluding hydrogens is 236 g/mol. The van der Waals surface area contributed by atoms with Crippen LogP contribution < -0.4 is 9.47 Å². The minimum absolute atomic E-state index is 0.0924. The lowest BCUT2D eigenvalue weighted by Gasteiger charge is -2.10. The molecule has 0 saturated carbocycles. The molecule has 1 aromatic rings. The molecule has 0 unspecified atom stereocenters. The summed E-state index contributed by atoms with van der Waals surface area (Å²) in [5.74, 6) is -0.280. The molecule has 0 heterocycles. The molecule has 0 aromatic heterocycles. The Morgan fingerprint density at radius 1 is 1.28 bits per heavy atom. The molecule has 0 amide bonds. The van der Waals surface area contributed by atoms with E-state index in [1.165, 1.54) is 20.3 Å². The number of hydrogen-bond acceptors (Lipinski definition) is 4. The average Bonchev–Trinajstić information content (AvgIpc) is 2.38. The molecule has 0 aliphatic carbocycles. The molecule has 96 valence electrons. The third-order valence-electron chi connectivity index (χ3n) is 2.32. The Bertz CT molecular complexity index is 477. The van der Waals surface area contributed by atoms with Crippen molar-refractivity contribution in [3.63, 3.8) is 0 Å². The minimum Gasteiger partial charge on any atom is -0.493 e. The van der Waals surface area contributed by atoms with E-state index >= 15 is 0 Å². The standard InChI is InChI=1S/C13H14O5/c1-17-11-7-9(5-3-4-6-14)10(13(15)16)8-12(11)18-2/h3,5-8H,4H2,1-2H3,(H,15,16). The number of ether oxygens (including phenoxy) is 2. The molecule has 18 heavy (non-hydrogen) atoms. The van der Waals surface area contributed by atoms with Gasteiger partial charge in [-0.05, 0) is 17.7 Å². The number of carboxylic acids is 1. The van der Waals surface area contributed by atoms with Gasteiger partial charge in [-0.15, -0.1) is 0 Å². The van der Waals surface area contributed by atoms with Crippen LogP contribution in [0.4, 0.5) is 0 Å².